The largest absolute Gasteiger partial charge is 0.493 e. The van der Waals surface area contributed by atoms with Crippen LogP contribution in [-0.4, -0.2) is 33.8 Å². The van der Waals surface area contributed by atoms with E-state index in [0.717, 1.165) is 16.8 Å². The molecule has 0 saturated carbocycles. The second-order valence-electron chi connectivity index (χ2n) is 5.96. The van der Waals surface area contributed by atoms with Crippen LogP contribution in [0.2, 0.25) is 0 Å². The van der Waals surface area contributed by atoms with Gasteiger partial charge in [0, 0.05) is 18.7 Å². The van der Waals surface area contributed by atoms with E-state index in [9.17, 15) is 4.79 Å². The average Bonchev–Trinajstić information content (AvgIpc) is 2.67. The van der Waals surface area contributed by atoms with Gasteiger partial charge in [0.15, 0.2) is 11.5 Å². The highest BCUT2D eigenvalue weighted by molar-refractivity contribution is 5.94. The first-order valence-electron chi connectivity index (χ1n) is 8.70. The number of amides is 1. The van der Waals surface area contributed by atoms with Crippen LogP contribution in [0.3, 0.4) is 0 Å². The van der Waals surface area contributed by atoms with Gasteiger partial charge in [-0.05, 0) is 49.6 Å². The van der Waals surface area contributed by atoms with Gasteiger partial charge in [0.25, 0.3) is 0 Å². The van der Waals surface area contributed by atoms with E-state index in [1.807, 2.05) is 55.1 Å². The first-order chi connectivity index (χ1) is 12.5. The molecule has 1 amide bonds. The lowest BCUT2D eigenvalue weighted by Gasteiger charge is -2.23. The van der Waals surface area contributed by atoms with Crippen LogP contribution in [0.1, 0.15) is 24.5 Å². The van der Waals surface area contributed by atoms with Gasteiger partial charge in [0.05, 0.1) is 21.3 Å². The molecule has 0 atom stereocenters. The molecule has 5 nitrogen and oxygen atoms in total. The molecule has 2 aromatic rings. The summed E-state index contributed by atoms with van der Waals surface area (Å²) in [6.07, 6.45) is 0.999. The van der Waals surface area contributed by atoms with Gasteiger partial charge in [-0.2, -0.15) is 0 Å². The predicted octanol–water partition coefficient (Wildman–Crippen LogP) is 4.01. The van der Waals surface area contributed by atoms with Crippen LogP contribution >= 0.6 is 0 Å². The van der Waals surface area contributed by atoms with Crippen LogP contribution in [0.25, 0.3) is 0 Å². The Hall–Kier alpha value is -2.69. The van der Waals surface area contributed by atoms with E-state index in [1.54, 1.807) is 21.3 Å². The number of carbonyl (C=O) groups is 1. The number of anilines is 1. The predicted molar refractivity (Wildman–Crippen MR) is 104 cm³/mol. The summed E-state index contributed by atoms with van der Waals surface area (Å²) in [7, 11) is 4.75. The molecule has 0 aromatic heterocycles. The highest BCUT2D eigenvalue weighted by Gasteiger charge is 2.17. The number of benzene rings is 2. The molecule has 0 aliphatic carbocycles. The number of hydrogen-bond donors (Lipinski definition) is 0. The quantitative estimate of drug-likeness (QED) is 0.716. The third-order valence-corrected chi connectivity index (χ3v) is 4.38. The number of aryl methyl sites for hydroxylation is 2. The molecular weight excluding hydrogens is 330 g/mol. The van der Waals surface area contributed by atoms with Crippen LogP contribution in [0.15, 0.2) is 36.4 Å². The molecular formula is C21H27NO4. The van der Waals surface area contributed by atoms with Gasteiger partial charge < -0.3 is 19.1 Å². The molecule has 2 rings (SSSR count). The Morgan fingerprint density at radius 3 is 2.12 bits per heavy atom. The number of rotatable bonds is 8. The summed E-state index contributed by atoms with van der Waals surface area (Å²) in [5, 5.41) is 0. The molecule has 0 bridgehead atoms. The zero-order chi connectivity index (χ0) is 19.1. The summed E-state index contributed by atoms with van der Waals surface area (Å²) in [6, 6.07) is 11.7. The maximum absolute atomic E-state index is 12.8. The number of nitrogens with zero attached hydrogens (tertiary/aromatic N) is 1. The molecule has 0 spiro atoms. The Balaban J connectivity index is 2.17. The van der Waals surface area contributed by atoms with Crippen LogP contribution in [0.5, 0.6) is 17.2 Å². The molecule has 26 heavy (non-hydrogen) atoms. The topological polar surface area (TPSA) is 48.0 Å². The fourth-order valence-electron chi connectivity index (χ4n) is 3.01. The summed E-state index contributed by atoms with van der Waals surface area (Å²) in [4.78, 5) is 14.6. The van der Waals surface area contributed by atoms with Crippen molar-refractivity contribution in [2.24, 2.45) is 0 Å². The Morgan fingerprint density at radius 1 is 1.00 bits per heavy atom. The third kappa shape index (κ3) is 4.28. The summed E-state index contributed by atoms with van der Waals surface area (Å²) >= 11 is 0. The van der Waals surface area contributed by atoms with Gasteiger partial charge in [-0.1, -0.05) is 18.2 Å². The minimum absolute atomic E-state index is 0.0931. The summed E-state index contributed by atoms with van der Waals surface area (Å²) in [5.41, 5.74) is 3.02. The summed E-state index contributed by atoms with van der Waals surface area (Å²) < 4.78 is 16.1. The first-order valence-corrected chi connectivity index (χ1v) is 8.70. The first kappa shape index (κ1) is 19.6. The fraction of sp³-hybridized carbons (Fsp3) is 0.381. The van der Waals surface area contributed by atoms with Crippen LogP contribution < -0.4 is 19.1 Å². The Bertz CT molecular complexity index is 732. The van der Waals surface area contributed by atoms with Crippen molar-refractivity contribution in [3.63, 3.8) is 0 Å². The summed E-state index contributed by atoms with van der Waals surface area (Å²) in [5.74, 6) is 1.84. The molecule has 2 aromatic carbocycles. The van der Waals surface area contributed by atoms with E-state index in [4.69, 9.17) is 14.2 Å². The Kier molecular flexibility index (Phi) is 6.89. The smallest absolute Gasteiger partial charge is 0.227 e. The van der Waals surface area contributed by atoms with Crippen molar-refractivity contribution in [2.75, 3.05) is 32.8 Å². The van der Waals surface area contributed by atoms with Crippen LogP contribution in [0, 0.1) is 6.92 Å². The van der Waals surface area contributed by atoms with E-state index >= 15 is 0 Å². The molecule has 0 saturated heterocycles. The van der Waals surface area contributed by atoms with Gasteiger partial charge in [0.2, 0.25) is 11.7 Å². The second kappa shape index (κ2) is 9.13. The molecule has 5 heteroatoms. The van der Waals surface area contributed by atoms with E-state index in [0.29, 0.717) is 36.6 Å². The van der Waals surface area contributed by atoms with Gasteiger partial charge >= 0.3 is 0 Å². The molecule has 0 fully saturated rings. The van der Waals surface area contributed by atoms with E-state index in [1.165, 1.54) is 0 Å². The Labute approximate surface area is 155 Å². The molecule has 0 N–H and O–H groups in total. The van der Waals surface area contributed by atoms with Crippen LogP contribution in [-0.2, 0) is 11.2 Å². The minimum Gasteiger partial charge on any atom is -0.493 e. The van der Waals surface area contributed by atoms with Crippen molar-refractivity contribution >= 4 is 11.6 Å². The normalized spacial score (nSPS) is 10.3. The van der Waals surface area contributed by atoms with Gasteiger partial charge in [0.1, 0.15) is 0 Å². The van der Waals surface area contributed by atoms with Crippen LogP contribution in [0.4, 0.5) is 5.69 Å². The number of ether oxygens (including phenoxy) is 3. The summed E-state index contributed by atoms with van der Waals surface area (Å²) in [6.45, 7) is 4.65. The van der Waals surface area contributed by atoms with Gasteiger partial charge in [-0.25, -0.2) is 0 Å². The third-order valence-electron chi connectivity index (χ3n) is 4.38. The van der Waals surface area contributed by atoms with Crippen molar-refractivity contribution in [2.45, 2.75) is 26.7 Å². The van der Waals surface area contributed by atoms with E-state index in [2.05, 4.69) is 0 Å². The fourth-order valence-corrected chi connectivity index (χ4v) is 3.01. The molecule has 0 unspecified atom stereocenters. The molecule has 0 radical (unpaired) electrons. The molecule has 140 valence electrons. The molecule has 0 heterocycles. The zero-order valence-electron chi connectivity index (χ0n) is 16.2. The van der Waals surface area contributed by atoms with Crippen molar-refractivity contribution in [3.8, 4) is 17.2 Å². The highest BCUT2D eigenvalue weighted by Crippen LogP contribution is 2.38. The number of para-hydroxylation sites is 1. The van der Waals surface area contributed by atoms with Crippen molar-refractivity contribution < 1.29 is 19.0 Å². The highest BCUT2D eigenvalue weighted by atomic mass is 16.5. The lowest BCUT2D eigenvalue weighted by atomic mass is 10.1. The monoisotopic (exact) mass is 357 g/mol. The SMILES string of the molecule is CCN(C(=O)CCc1cc(OC)c(OC)c(OC)c1)c1ccccc1C. The van der Waals surface area contributed by atoms with Crippen molar-refractivity contribution in [3.05, 3.63) is 47.5 Å². The number of hydrogen-bond acceptors (Lipinski definition) is 4. The zero-order valence-corrected chi connectivity index (χ0v) is 16.2. The lowest BCUT2D eigenvalue weighted by Crippen LogP contribution is -2.31. The van der Waals surface area contributed by atoms with Gasteiger partial charge in [-0.15, -0.1) is 0 Å². The van der Waals surface area contributed by atoms with E-state index in [-0.39, 0.29) is 5.91 Å². The second-order valence-corrected chi connectivity index (χ2v) is 5.96. The minimum atomic E-state index is 0.0931. The lowest BCUT2D eigenvalue weighted by molar-refractivity contribution is -0.118. The van der Waals surface area contributed by atoms with Crippen molar-refractivity contribution in [1.82, 2.24) is 0 Å². The van der Waals surface area contributed by atoms with Crippen molar-refractivity contribution in [1.29, 1.82) is 0 Å². The maximum atomic E-state index is 12.8. The Morgan fingerprint density at radius 2 is 1.62 bits per heavy atom. The standard InChI is InChI=1S/C21H27NO4/c1-6-22(17-10-8-7-9-15(17)2)20(23)12-11-16-13-18(24-3)21(26-5)19(14-16)25-4/h7-10,13-14H,6,11-12H2,1-5H3. The average molecular weight is 357 g/mol. The molecule has 0 aliphatic heterocycles. The number of methoxy groups -OCH3 is 3. The number of carbonyl (C=O) groups excluding carboxylic acids is 1. The van der Waals surface area contributed by atoms with E-state index < -0.39 is 0 Å². The molecule has 0 aliphatic rings. The van der Waals surface area contributed by atoms with Gasteiger partial charge in [-0.3, -0.25) is 4.79 Å². The maximum Gasteiger partial charge on any atom is 0.227 e.